The van der Waals surface area contributed by atoms with E-state index in [1.165, 1.54) is 12.8 Å². The topological polar surface area (TPSA) is 39.1 Å². The van der Waals surface area contributed by atoms with E-state index in [0.717, 1.165) is 24.8 Å². The molecular formula is C13H23N3O. The minimum absolute atomic E-state index is 0.209. The Hall–Kier alpha value is -1.03. The van der Waals surface area contributed by atoms with E-state index < -0.39 is 0 Å². The lowest BCUT2D eigenvalue weighted by Gasteiger charge is -2.16. The summed E-state index contributed by atoms with van der Waals surface area (Å²) in [4.78, 5) is 0. The van der Waals surface area contributed by atoms with Crippen molar-refractivity contribution >= 4 is 0 Å². The van der Waals surface area contributed by atoms with E-state index >= 15 is 0 Å². The van der Waals surface area contributed by atoms with E-state index in [1.54, 1.807) is 6.20 Å². The van der Waals surface area contributed by atoms with Crippen LogP contribution in [0.1, 0.15) is 33.6 Å². The molecule has 96 valence electrons. The molecule has 1 saturated carbocycles. The third kappa shape index (κ3) is 3.73. The van der Waals surface area contributed by atoms with Crippen LogP contribution in [0.5, 0.6) is 5.75 Å². The fourth-order valence-electron chi connectivity index (χ4n) is 2.12. The molecule has 1 aromatic rings. The summed E-state index contributed by atoms with van der Waals surface area (Å²) in [5, 5.41) is 7.89. The molecule has 0 amide bonds. The van der Waals surface area contributed by atoms with Gasteiger partial charge in [-0.1, -0.05) is 6.92 Å². The Balaban J connectivity index is 1.90. The summed E-state index contributed by atoms with van der Waals surface area (Å²) in [5.74, 6) is 1.71. The second kappa shape index (κ2) is 5.54. The SMILES string of the molecule is CCNC(Cn1cc(OC(C)C)cn1)C1CC1. The van der Waals surface area contributed by atoms with E-state index in [0.29, 0.717) is 6.04 Å². The van der Waals surface area contributed by atoms with Crippen LogP contribution in [-0.4, -0.2) is 28.5 Å². The van der Waals surface area contributed by atoms with Gasteiger partial charge >= 0.3 is 0 Å². The van der Waals surface area contributed by atoms with E-state index in [9.17, 15) is 0 Å². The standard InChI is InChI=1S/C13H23N3O/c1-4-14-13(11-5-6-11)9-16-8-12(7-15-16)17-10(2)3/h7-8,10-11,13-14H,4-6,9H2,1-3H3. The Morgan fingerprint density at radius 3 is 2.88 bits per heavy atom. The Kier molecular flexibility index (Phi) is 4.05. The van der Waals surface area contributed by atoms with Crippen molar-refractivity contribution in [2.75, 3.05) is 6.54 Å². The van der Waals surface area contributed by atoms with Gasteiger partial charge in [-0.05, 0) is 39.2 Å². The first-order valence-corrected chi connectivity index (χ1v) is 6.61. The lowest BCUT2D eigenvalue weighted by Crippen LogP contribution is -2.35. The molecule has 0 spiro atoms. The van der Waals surface area contributed by atoms with Crippen LogP contribution >= 0.6 is 0 Å². The first-order chi connectivity index (χ1) is 8.19. The van der Waals surface area contributed by atoms with Gasteiger partial charge in [-0.2, -0.15) is 5.10 Å². The fraction of sp³-hybridized carbons (Fsp3) is 0.769. The smallest absolute Gasteiger partial charge is 0.157 e. The predicted molar refractivity (Wildman–Crippen MR) is 68.2 cm³/mol. The second-order valence-corrected chi connectivity index (χ2v) is 5.07. The third-order valence-electron chi connectivity index (χ3n) is 3.02. The monoisotopic (exact) mass is 237 g/mol. The number of nitrogens with zero attached hydrogens (tertiary/aromatic N) is 2. The molecule has 0 radical (unpaired) electrons. The Morgan fingerprint density at radius 2 is 2.29 bits per heavy atom. The highest BCUT2D eigenvalue weighted by atomic mass is 16.5. The van der Waals surface area contributed by atoms with E-state index in [-0.39, 0.29) is 6.10 Å². The molecule has 1 N–H and O–H groups in total. The molecule has 0 saturated heterocycles. The molecule has 17 heavy (non-hydrogen) atoms. The molecule has 4 heteroatoms. The molecular weight excluding hydrogens is 214 g/mol. The van der Waals surface area contributed by atoms with Crippen molar-refractivity contribution in [2.45, 2.75) is 52.3 Å². The summed E-state index contributed by atoms with van der Waals surface area (Å²) < 4.78 is 7.60. The molecule has 2 rings (SSSR count). The average Bonchev–Trinajstić information content (AvgIpc) is 3.01. The maximum atomic E-state index is 5.61. The summed E-state index contributed by atoms with van der Waals surface area (Å²) in [6.07, 6.45) is 6.71. The molecule has 1 heterocycles. The number of nitrogens with one attached hydrogen (secondary N) is 1. The van der Waals surface area contributed by atoms with Gasteiger partial charge < -0.3 is 10.1 Å². The molecule has 1 aliphatic rings. The number of hydrogen-bond donors (Lipinski definition) is 1. The van der Waals surface area contributed by atoms with Crippen LogP contribution in [-0.2, 0) is 6.54 Å². The summed E-state index contributed by atoms with van der Waals surface area (Å²) in [6, 6.07) is 0.562. The summed E-state index contributed by atoms with van der Waals surface area (Å²) in [7, 11) is 0. The van der Waals surface area contributed by atoms with Crippen LogP contribution in [0.3, 0.4) is 0 Å². The van der Waals surface area contributed by atoms with E-state index in [2.05, 4.69) is 17.3 Å². The molecule has 0 bridgehead atoms. The van der Waals surface area contributed by atoms with Crippen molar-refractivity contribution in [1.29, 1.82) is 0 Å². The van der Waals surface area contributed by atoms with E-state index in [1.807, 2.05) is 24.7 Å². The Labute approximate surface area is 103 Å². The number of rotatable bonds is 7. The maximum Gasteiger partial charge on any atom is 0.157 e. The van der Waals surface area contributed by atoms with Crippen LogP contribution in [0.2, 0.25) is 0 Å². The highest BCUT2D eigenvalue weighted by Gasteiger charge is 2.30. The normalized spacial score (nSPS) is 17.4. The zero-order valence-electron chi connectivity index (χ0n) is 11.0. The first-order valence-electron chi connectivity index (χ1n) is 6.61. The van der Waals surface area contributed by atoms with Crippen molar-refractivity contribution in [3.8, 4) is 5.75 Å². The number of likely N-dealkylation sites (N-methyl/N-ethyl adjacent to an activating group) is 1. The lowest BCUT2D eigenvalue weighted by atomic mass is 10.2. The Morgan fingerprint density at radius 1 is 1.53 bits per heavy atom. The van der Waals surface area contributed by atoms with Crippen molar-refractivity contribution in [3.63, 3.8) is 0 Å². The fourth-order valence-corrected chi connectivity index (χ4v) is 2.12. The van der Waals surface area contributed by atoms with Gasteiger partial charge in [0.1, 0.15) is 0 Å². The van der Waals surface area contributed by atoms with Crippen LogP contribution in [0.15, 0.2) is 12.4 Å². The van der Waals surface area contributed by atoms with Gasteiger partial charge in [-0.25, -0.2) is 0 Å². The lowest BCUT2D eigenvalue weighted by molar-refractivity contribution is 0.242. The molecule has 4 nitrogen and oxygen atoms in total. The number of aromatic nitrogens is 2. The molecule has 1 unspecified atom stereocenters. The highest BCUT2D eigenvalue weighted by molar-refractivity contribution is 5.12. The predicted octanol–water partition coefficient (Wildman–Crippen LogP) is 2.06. The molecule has 1 aliphatic carbocycles. The van der Waals surface area contributed by atoms with Crippen LogP contribution < -0.4 is 10.1 Å². The minimum Gasteiger partial charge on any atom is -0.488 e. The number of ether oxygens (including phenoxy) is 1. The van der Waals surface area contributed by atoms with Crippen molar-refractivity contribution in [1.82, 2.24) is 15.1 Å². The summed E-state index contributed by atoms with van der Waals surface area (Å²) in [6.45, 7) is 8.19. The molecule has 1 aromatic heterocycles. The summed E-state index contributed by atoms with van der Waals surface area (Å²) in [5.41, 5.74) is 0. The van der Waals surface area contributed by atoms with Gasteiger partial charge in [-0.3, -0.25) is 4.68 Å². The Bertz CT molecular complexity index is 344. The maximum absolute atomic E-state index is 5.61. The average molecular weight is 237 g/mol. The van der Waals surface area contributed by atoms with Crippen LogP contribution in [0.4, 0.5) is 0 Å². The second-order valence-electron chi connectivity index (χ2n) is 5.07. The zero-order valence-corrected chi connectivity index (χ0v) is 11.0. The van der Waals surface area contributed by atoms with Crippen LogP contribution in [0.25, 0.3) is 0 Å². The molecule has 0 aromatic carbocycles. The zero-order chi connectivity index (χ0) is 12.3. The van der Waals surface area contributed by atoms with E-state index in [4.69, 9.17) is 4.74 Å². The molecule has 1 atom stereocenters. The molecule has 0 aliphatic heterocycles. The largest absolute Gasteiger partial charge is 0.488 e. The van der Waals surface area contributed by atoms with Gasteiger partial charge in [-0.15, -0.1) is 0 Å². The number of hydrogen-bond acceptors (Lipinski definition) is 3. The van der Waals surface area contributed by atoms with Gasteiger partial charge in [0, 0.05) is 6.04 Å². The van der Waals surface area contributed by atoms with Gasteiger partial charge in [0.25, 0.3) is 0 Å². The van der Waals surface area contributed by atoms with Crippen LogP contribution in [0, 0.1) is 5.92 Å². The highest BCUT2D eigenvalue weighted by Crippen LogP contribution is 2.33. The first kappa shape index (κ1) is 12.4. The molecule has 1 fully saturated rings. The summed E-state index contributed by atoms with van der Waals surface area (Å²) >= 11 is 0. The third-order valence-corrected chi connectivity index (χ3v) is 3.02. The van der Waals surface area contributed by atoms with Crippen molar-refractivity contribution in [3.05, 3.63) is 12.4 Å². The van der Waals surface area contributed by atoms with Gasteiger partial charge in [0.05, 0.1) is 25.0 Å². The quantitative estimate of drug-likeness (QED) is 0.789. The van der Waals surface area contributed by atoms with Crippen molar-refractivity contribution in [2.24, 2.45) is 5.92 Å². The van der Waals surface area contributed by atoms with Crippen molar-refractivity contribution < 1.29 is 4.74 Å². The van der Waals surface area contributed by atoms with Gasteiger partial charge in [0.2, 0.25) is 0 Å². The van der Waals surface area contributed by atoms with Gasteiger partial charge in [0.15, 0.2) is 5.75 Å². The minimum atomic E-state index is 0.209.